The van der Waals surface area contributed by atoms with E-state index in [1.54, 1.807) is 12.5 Å². The third-order valence-corrected chi connectivity index (χ3v) is 5.29. The van der Waals surface area contributed by atoms with E-state index in [-0.39, 0.29) is 0 Å². The Bertz CT molecular complexity index is 672. The van der Waals surface area contributed by atoms with Crippen LogP contribution in [-0.2, 0) is 10.8 Å². The van der Waals surface area contributed by atoms with Crippen LogP contribution in [0.3, 0.4) is 0 Å². The fraction of sp³-hybridized carbons (Fsp3) is 0.294. The van der Waals surface area contributed by atoms with E-state index in [2.05, 4.69) is 34.6 Å². The number of hydrogen-bond acceptors (Lipinski definition) is 4. The molecule has 0 unspecified atom stereocenters. The highest BCUT2D eigenvalue weighted by Crippen LogP contribution is 2.26. The maximum atomic E-state index is 11.5. The van der Waals surface area contributed by atoms with Gasteiger partial charge in [-0.25, -0.2) is 0 Å². The molecule has 4 nitrogen and oxygen atoms in total. The molecule has 0 atom stereocenters. The van der Waals surface area contributed by atoms with E-state index < -0.39 is 10.8 Å². The van der Waals surface area contributed by atoms with Crippen molar-refractivity contribution in [2.75, 3.05) is 36.5 Å². The summed E-state index contributed by atoms with van der Waals surface area (Å²) in [4.78, 5) is 4.28. The molecule has 1 aliphatic rings. The monoisotopic (exact) mass is 316 g/mol. The van der Waals surface area contributed by atoms with Crippen molar-refractivity contribution >= 4 is 16.5 Å². The lowest BCUT2D eigenvalue weighted by Crippen LogP contribution is -2.41. The molecule has 0 bridgehead atoms. The minimum Gasteiger partial charge on any atom is -0.472 e. The molecular formula is C17H20N2O2S. The summed E-state index contributed by atoms with van der Waals surface area (Å²) in [6, 6.07) is 10.2. The van der Waals surface area contributed by atoms with Crippen LogP contribution in [0, 0.1) is 0 Å². The van der Waals surface area contributed by atoms with Gasteiger partial charge in [-0.1, -0.05) is 18.7 Å². The summed E-state index contributed by atoms with van der Waals surface area (Å²) in [5, 5.41) is 0. The minimum absolute atomic E-state index is 0.671. The Hall–Kier alpha value is -2.01. The summed E-state index contributed by atoms with van der Waals surface area (Å²) in [5.41, 5.74) is 3.26. The van der Waals surface area contributed by atoms with Gasteiger partial charge in [-0.3, -0.25) is 4.21 Å². The Morgan fingerprint density at radius 1 is 1.27 bits per heavy atom. The number of benzene rings is 1. The van der Waals surface area contributed by atoms with E-state index in [0.29, 0.717) is 0 Å². The molecule has 116 valence electrons. The summed E-state index contributed by atoms with van der Waals surface area (Å²) in [6.07, 6.45) is 3.42. The number of nitrogens with zero attached hydrogens (tertiary/aromatic N) is 2. The van der Waals surface area contributed by atoms with E-state index in [1.165, 1.54) is 0 Å². The molecule has 0 radical (unpaired) electrons. The van der Waals surface area contributed by atoms with Crippen molar-refractivity contribution in [3.05, 3.63) is 55.3 Å². The van der Waals surface area contributed by atoms with Crippen molar-refractivity contribution in [3.63, 3.8) is 0 Å². The van der Waals surface area contributed by atoms with Crippen LogP contribution in [0.15, 0.2) is 59.7 Å². The predicted octanol–water partition coefficient (Wildman–Crippen LogP) is 2.92. The summed E-state index contributed by atoms with van der Waals surface area (Å²) >= 11 is 0. The van der Waals surface area contributed by atoms with E-state index in [9.17, 15) is 4.21 Å². The second-order valence-electron chi connectivity index (χ2n) is 5.37. The number of furan rings is 1. The van der Waals surface area contributed by atoms with Gasteiger partial charge in [0.2, 0.25) is 0 Å². The standard InChI is InChI=1S/C17H20N2O2S/c1-14(19-7-10-22(20)11-8-19)18(2)17-5-3-4-15(12-17)16-6-9-21-13-16/h3-6,9,12-13H,1,7-8,10-11H2,2H3. The molecular weight excluding hydrogens is 296 g/mol. The van der Waals surface area contributed by atoms with Crippen molar-refractivity contribution in [1.82, 2.24) is 4.90 Å². The first-order chi connectivity index (χ1) is 10.6. The lowest BCUT2D eigenvalue weighted by Gasteiger charge is -2.35. The Morgan fingerprint density at radius 2 is 2.05 bits per heavy atom. The molecule has 2 heterocycles. The largest absolute Gasteiger partial charge is 0.472 e. The fourth-order valence-corrected chi connectivity index (χ4v) is 3.63. The predicted molar refractivity (Wildman–Crippen MR) is 91.1 cm³/mol. The van der Waals surface area contributed by atoms with Crippen LogP contribution in [-0.4, -0.2) is 40.8 Å². The van der Waals surface area contributed by atoms with Crippen molar-refractivity contribution < 1.29 is 8.63 Å². The van der Waals surface area contributed by atoms with Gasteiger partial charge in [-0.05, 0) is 23.8 Å². The summed E-state index contributed by atoms with van der Waals surface area (Å²) < 4.78 is 16.6. The van der Waals surface area contributed by atoms with E-state index >= 15 is 0 Å². The highest BCUT2D eigenvalue weighted by Gasteiger charge is 2.19. The first-order valence-corrected chi connectivity index (χ1v) is 8.79. The van der Waals surface area contributed by atoms with Gasteiger partial charge in [0.05, 0.1) is 12.5 Å². The molecule has 1 fully saturated rings. The number of anilines is 1. The number of rotatable bonds is 4. The molecule has 22 heavy (non-hydrogen) atoms. The molecule has 1 aromatic heterocycles. The van der Waals surface area contributed by atoms with Gasteiger partial charge >= 0.3 is 0 Å². The molecule has 5 heteroatoms. The third kappa shape index (κ3) is 3.09. The Kier molecular flexibility index (Phi) is 4.34. The first-order valence-electron chi connectivity index (χ1n) is 7.30. The van der Waals surface area contributed by atoms with Crippen molar-refractivity contribution in [3.8, 4) is 11.1 Å². The van der Waals surface area contributed by atoms with Crippen LogP contribution in [0.25, 0.3) is 11.1 Å². The van der Waals surface area contributed by atoms with Gasteiger partial charge in [0.1, 0.15) is 5.82 Å². The van der Waals surface area contributed by atoms with Crippen LogP contribution >= 0.6 is 0 Å². The van der Waals surface area contributed by atoms with Crippen LogP contribution in [0.1, 0.15) is 0 Å². The van der Waals surface area contributed by atoms with Crippen LogP contribution in [0.2, 0.25) is 0 Å². The van der Waals surface area contributed by atoms with Crippen molar-refractivity contribution in [2.45, 2.75) is 0 Å². The summed E-state index contributed by atoms with van der Waals surface area (Å²) in [7, 11) is 1.35. The molecule has 1 aliphatic heterocycles. The lowest BCUT2D eigenvalue weighted by atomic mass is 10.1. The lowest BCUT2D eigenvalue weighted by molar-refractivity contribution is 0.369. The van der Waals surface area contributed by atoms with Gasteiger partial charge in [0, 0.05) is 53.7 Å². The Labute approximate surface area is 133 Å². The molecule has 1 saturated heterocycles. The molecule has 1 aromatic carbocycles. The zero-order valence-electron chi connectivity index (χ0n) is 12.7. The van der Waals surface area contributed by atoms with Gasteiger partial charge in [-0.15, -0.1) is 0 Å². The minimum atomic E-state index is -0.671. The summed E-state index contributed by atoms with van der Waals surface area (Å²) in [6.45, 7) is 5.81. The quantitative estimate of drug-likeness (QED) is 0.869. The second kappa shape index (κ2) is 6.40. The molecule has 0 amide bonds. The average Bonchev–Trinajstić information content (AvgIpc) is 3.09. The molecule has 0 aliphatic carbocycles. The van der Waals surface area contributed by atoms with Crippen LogP contribution < -0.4 is 4.90 Å². The normalized spacial score (nSPS) is 15.8. The van der Waals surface area contributed by atoms with Gasteiger partial charge in [-0.2, -0.15) is 0 Å². The van der Waals surface area contributed by atoms with Gasteiger partial charge in [0.25, 0.3) is 0 Å². The van der Waals surface area contributed by atoms with E-state index in [0.717, 1.165) is 47.2 Å². The van der Waals surface area contributed by atoms with E-state index in [4.69, 9.17) is 4.42 Å². The third-order valence-electron chi connectivity index (χ3n) is 4.02. The number of hydrogen-bond donors (Lipinski definition) is 0. The maximum absolute atomic E-state index is 11.5. The van der Waals surface area contributed by atoms with Crippen LogP contribution in [0.5, 0.6) is 0 Å². The zero-order valence-corrected chi connectivity index (χ0v) is 13.5. The van der Waals surface area contributed by atoms with E-state index in [1.807, 2.05) is 19.2 Å². The average molecular weight is 316 g/mol. The van der Waals surface area contributed by atoms with Gasteiger partial charge in [0.15, 0.2) is 0 Å². The highest BCUT2D eigenvalue weighted by molar-refractivity contribution is 7.85. The zero-order chi connectivity index (χ0) is 15.5. The SMILES string of the molecule is C=C(N1CCS(=O)CC1)N(C)c1cccc(-c2ccoc2)c1. The topological polar surface area (TPSA) is 36.7 Å². The molecule has 2 aromatic rings. The molecule has 0 saturated carbocycles. The molecule has 0 N–H and O–H groups in total. The Morgan fingerprint density at radius 3 is 2.73 bits per heavy atom. The highest BCUT2D eigenvalue weighted by atomic mass is 32.2. The Balaban J connectivity index is 1.77. The second-order valence-corrected chi connectivity index (χ2v) is 7.07. The smallest absolute Gasteiger partial charge is 0.101 e. The van der Waals surface area contributed by atoms with Crippen molar-refractivity contribution in [1.29, 1.82) is 0 Å². The molecule has 0 spiro atoms. The summed E-state index contributed by atoms with van der Waals surface area (Å²) in [5.74, 6) is 2.39. The van der Waals surface area contributed by atoms with Gasteiger partial charge < -0.3 is 14.2 Å². The van der Waals surface area contributed by atoms with Crippen molar-refractivity contribution in [2.24, 2.45) is 0 Å². The van der Waals surface area contributed by atoms with Crippen LogP contribution in [0.4, 0.5) is 5.69 Å². The molecule has 3 rings (SSSR count). The first kappa shape index (κ1) is 14.9. The fourth-order valence-electron chi connectivity index (χ4n) is 2.58. The maximum Gasteiger partial charge on any atom is 0.101 e.